The van der Waals surface area contributed by atoms with Crippen molar-refractivity contribution >= 4 is 33.5 Å². The van der Waals surface area contributed by atoms with Crippen LogP contribution in [0.25, 0.3) is 0 Å². The minimum absolute atomic E-state index is 0.101. The SMILES string of the molecule is CCC(CC)(CNC(=O)c1ccc(Br)c(N)c1)C(=O)O. The smallest absolute Gasteiger partial charge is 0.311 e. The summed E-state index contributed by atoms with van der Waals surface area (Å²) in [6, 6.07) is 4.88. The number of nitrogens with two attached hydrogens (primary N) is 1. The molecule has 0 aliphatic carbocycles. The van der Waals surface area contributed by atoms with Crippen molar-refractivity contribution in [2.75, 3.05) is 12.3 Å². The van der Waals surface area contributed by atoms with Crippen LogP contribution in [0.5, 0.6) is 0 Å². The van der Waals surface area contributed by atoms with Crippen LogP contribution in [0.1, 0.15) is 37.0 Å². The van der Waals surface area contributed by atoms with Gasteiger partial charge in [-0.25, -0.2) is 0 Å². The maximum absolute atomic E-state index is 12.0. The largest absolute Gasteiger partial charge is 0.481 e. The molecule has 110 valence electrons. The Morgan fingerprint density at radius 3 is 2.40 bits per heavy atom. The first-order valence-electron chi connectivity index (χ1n) is 6.43. The molecule has 1 aromatic rings. The fourth-order valence-electron chi connectivity index (χ4n) is 1.91. The van der Waals surface area contributed by atoms with Crippen molar-refractivity contribution in [1.29, 1.82) is 0 Å². The van der Waals surface area contributed by atoms with Crippen LogP contribution in [0, 0.1) is 5.41 Å². The Labute approximate surface area is 126 Å². The van der Waals surface area contributed by atoms with Crippen molar-refractivity contribution in [2.24, 2.45) is 5.41 Å². The molecule has 1 aromatic carbocycles. The third-order valence-corrected chi connectivity index (χ3v) is 4.37. The topological polar surface area (TPSA) is 92.4 Å². The highest BCUT2D eigenvalue weighted by Gasteiger charge is 2.35. The molecule has 0 bridgehead atoms. The monoisotopic (exact) mass is 342 g/mol. The van der Waals surface area contributed by atoms with Crippen LogP contribution >= 0.6 is 15.9 Å². The van der Waals surface area contributed by atoms with E-state index in [0.717, 1.165) is 4.47 Å². The van der Waals surface area contributed by atoms with Gasteiger partial charge in [0.05, 0.1) is 5.41 Å². The second-order valence-electron chi connectivity index (χ2n) is 4.71. The summed E-state index contributed by atoms with van der Waals surface area (Å²) in [5.74, 6) is -1.21. The lowest BCUT2D eigenvalue weighted by Crippen LogP contribution is -2.42. The Morgan fingerprint density at radius 1 is 1.35 bits per heavy atom. The third-order valence-electron chi connectivity index (χ3n) is 3.65. The zero-order chi connectivity index (χ0) is 15.3. The van der Waals surface area contributed by atoms with E-state index < -0.39 is 11.4 Å². The van der Waals surface area contributed by atoms with E-state index in [1.807, 2.05) is 0 Å². The minimum Gasteiger partial charge on any atom is -0.481 e. The van der Waals surface area contributed by atoms with Crippen molar-refractivity contribution in [1.82, 2.24) is 5.32 Å². The Kier molecular flexibility index (Phi) is 5.56. The van der Waals surface area contributed by atoms with E-state index in [4.69, 9.17) is 5.73 Å². The second kappa shape index (κ2) is 6.74. The molecular formula is C14H19BrN2O3. The van der Waals surface area contributed by atoms with Gasteiger partial charge in [0.25, 0.3) is 5.91 Å². The van der Waals surface area contributed by atoms with Crippen molar-refractivity contribution in [3.8, 4) is 0 Å². The zero-order valence-corrected chi connectivity index (χ0v) is 13.2. The number of rotatable bonds is 6. The molecular weight excluding hydrogens is 324 g/mol. The molecule has 1 amide bonds. The molecule has 0 aliphatic rings. The van der Waals surface area contributed by atoms with Gasteiger partial charge >= 0.3 is 5.97 Å². The fourth-order valence-corrected chi connectivity index (χ4v) is 2.16. The number of benzene rings is 1. The van der Waals surface area contributed by atoms with Gasteiger partial charge in [0.2, 0.25) is 0 Å². The van der Waals surface area contributed by atoms with Gasteiger partial charge in [0, 0.05) is 22.3 Å². The number of anilines is 1. The molecule has 0 aliphatic heterocycles. The average molecular weight is 343 g/mol. The lowest BCUT2D eigenvalue weighted by Gasteiger charge is -2.26. The number of amides is 1. The molecule has 0 radical (unpaired) electrons. The van der Waals surface area contributed by atoms with Crippen LogP contribution in [-0.4, -0.2) is 23.5 Å². The zero-order valence-electron chi connectivity index (χ0n) is 11.6. The van der Waals surface area contributed by atoms with Crippen LogP contribution < -0.4 is 11.1 Å². The van der Waals surface area contributed by atoms with Gasteiger partial charge in [-0.1, -0.05) is 13.8 Å². The second-order valence-corrected chi connectivity index (χ2v) is 5.57. The van der Waals surface area contributed by atoms with E-state index in [0.29, 0.717) is 24.1 Å². The Morgan fingerprint density at radius 2 is 1.95 bits per heavy atom. The molecule has 0 spiro atoms. The first kappa shape index (κ1) is 16.5. The summed E-state index contributed by atoms with van der Waals surface area (Å²) in [6.45, 7) is 3.72. The average Bonchev–Trinajstić information content (AvgIpc) is 2.43. The fraction of sp³-hybridized carbons (Fsp3) is 0.429. The summed E-state index contributed by atoms with van der Waals surface area (Å²) < 4.78 is 0.719. The van der Waals surface area contributed by atoms with E-state index in [-0.39, 0.29) is 12.5 Å². The summed E-state index contributed by atoms with van der Waals surface area (Å²) in [7, 11) is 0. The predicted molar refractivity (Wildman–Crippen MR) is 81.5 cm³/mol. The Balaban J connectivity index is 2.80. The van der Waals surface area contributed by atoms with E-state index >= 15 is 0 Å². The number of nitrogens with one attached hydrogen (secondary N) is 1. The van der Waals surface area contributed by atoms with E-state index in [1.165, 1.54) is 0 Å². The quantitative estimate of drug-likeness (QED) is 0.693. The molecule has 0 atom stereocenters. The van der Waals surface area contributed by atoms with E-state index in [1.54, 1.807) is 32.0 Å². The molecule has 20 heavy (non-hydrogen) atoms. The lowest BCUT2D eigenvalue weighted by molar-refractivity contribution is -0.149. The van der Waals surface area contributed by atoms with Gasteiger partial charge in [-0.05, 0) is 47.0 Å². The van der Waals surface area contributed by atoms with E-state index in [9.17, 15) is 14.7 Å². The van der Waals surface area contributed by atoms with Gasteiger partial charge < -0.3 is 16.2 Å². The lowest BCUT2D eigenvalue weighted by atomic mass is 9.82. The maximum Gasteiger partial charge on any atom is 0.311 e. The van der Waals surface area contributed by atoms with Gasteiger partial charge in [-0.3, -0.25) is 9.59 Å². The summed E-state index contributed by atoms with van der Waals surface area (Å²) in [6.07, 6.45) is 0.920. The molecule has 0 saturated carbocycles. The van der Waals surface area contributed by atoms with Crippen LogP contribution in [0.4, 0.5) is 5.69 Å². The highest BCUT2D eigenvalue weighted by molar-refractivity contribution is 9.10. The Hall–Kier alpha value is -1.56. The molecule has 1 rings (SSSR count). The number of aliphatic carboxylic acids is 1. The number of halogens is 1. The Bertz CT molecular complexity index is 513. The van der Waals surface area contributed by atoms with Crippen molar-refractivity contribution in [3.05, 3.63) is 28.2 Å². The normalized spacial score (nSPS) is 11.2. The number of hydrogen-bond donors (Lipinski definition) is 3. The number of carboxylic acid groups (broad SMARTS) is 1. The van der Waals surface area contributed by atoms with Crippen molar-refractivity contribution in [3.63, 3.8) is 0 Å². The van der Waals surface area contributed by atoms with E-state index in [2.05, 4.69) is 21.2 Å². The standard InChI is InChI=1S/C14H19BrN2O3/c1-3-14(4-2,13(19)20)8-17-12(18)9-5-6-10(15)11(16)7-9/h5-7H,3-4,8,16H2,1-2H3,(H,17,18)(H,19,20). The van der Waals surface area contributed by atoms with Gasteiger partial charge in [0.15, 0.2) is 0 Å². The molecule has 0 fully saturated rings. The first-order chi connectivity index (χ1) is 9.36. The summed E-state index contributed by atoms with van der Waals surface area (Å²) in [5, 5.41) is 12.0. The molecule has 5 nitrogen and oxygen atoms in total. The number of carbonyl (C=O) groups is 2. The van der Waals surface area contributed by atoms with Crippen molar-refractivity contribution < 1.29 is 14.7 Å². The van der Waals surface area contributed by atoms with Crippen LogP contribution in [0.3, 0.4) is 0 Å². The number of hydrogen-bond acceptors (Lipinski definition) is 3. The first-order valence-corrected chi connectivity index (χ1v) is 7.22. The van der Waals surface area contributed by atoms with Crippen LogP contribution in [0.15, 0.2) is 22.7 Å². The molecule has 0 heterocycles. The molecule has 6 heteroatoms. The molecule has 0 saturated heterocycles. The number of carbonyl (C=O) groups excluding carboxylic acids is 1. The van der Waals surface area contributed by atoms with Crippen LogP contribution in [-0.2, 0) is 4.79 Å². The highest BCUT2D eigenvalue weighted by atomic mass is 79.9. The number of nitrogen functional groups attached to an aromatic ring is 1. The third kappa shape index (κ3) is 3.50. The van der Waals surface area contributed by atoms with Gasteiger partial charge in [-0.2, -0.15) is 0 Å². The highest BCUT2D eigenvalue weighted by Crippen LogP contribution is 2.26. The molecule has 0 aromatic heterocycles. The maximum atomic E-state index is 12.0. The number of carboxylic acids is 1. The van der Waals surface area contributed by atoms with Gasteiger partial charge in [-0.15, -0.1) is 0 Å². The van der Waals surface area contributed by atoms with Crippen LogP contribution in [0.2, 0.25) is 0 Å². The summed E-state index contributed by atoms with van der Waals surface area (Å²) in [5.41, 5.74) is 5.68. The minimum atomic E-state index is -0.920. The molecule has 4 N–H and O–H groups in total. The summed E-state index contributed by atoms with van der Waals surface area (Å²) >= 11 is 3.26. The van der Waals surface area contributed by atoms with Gasteiger partial charge in [0.1, 0.15) is 0 Å². The summed E-state index contributed by atoms with van der Waals surface area (Å²) in [4.78, 5) is 23.4. The molecule has 0 unspecified atom stereocenters. The van der Waals surface area contributed by atoms with Crippen molar-refractivity contribution in [2.45, 2.75) is 26.7 Å². The predicted octanol–water partition coefficient (Wildman–Crippen LogP) is 2.65.